The predicted octanol–water partition coefficient (Wildman–Crippen LogP) is 3.54. The maximum Gasteiger partial charge on any atom is 0.383 e. The Bertz CT molecular complexity index is 408. The van der Waals surface area contributed by atoms with Crippen LogP contribution in [0, 0.1) is 0 Å². The fourth-order valence-electron chi connectivity index (χ4n) is 1.65. The normalized spacial score (nSPS) is 13.4. The van der Waals surface area contributed by atoms with Crippen molar-refractivity contribution in [1.29, 1.82) is 0 Å². The third-order valence-corrected chi connectivity index (χ3v) is 2.66. The molecule has 1 rings (SSSR count). The quantitative estimate of drug-likeness (QED) is 0.792. The summed E-state index contributed by atoms with van der Waals surface area (Å²) < 4.78 is 50.0. The number of rotatable bonds is 6. The smallest absolute Gasteiger partial charge is 0.344 e. The minimum absolute atomic E-state index is 0.398. The van der Waals surface area contributed by atoms with Crippen LogP contribution in [-0.4, -0.2) is 18.3 Å². The van der Waals surface area contributed by atoms with Crippen LogP contribution in [0.5, 0.6) is 0 Å². The van der Waals surface area contributed by atoms with Crippen LogP contribution in [0.2, 0.25) is 0 Å². The molecule has 2 nitrogen and oxygen atoms in total. The first-order chi connectivity index (χ1) is 8.89. The Morgan fingerprint density at radius 3 is 2.32 bits per heavy atom. The molecule has 1 aromatic rings. The summed E-state index contributed by atoms with van der Waals surface area (Å²) in [6.45, 7) is 1.81. The van der Waals surface area contributed by atoms with E-state index < -0.39 is 24.3 Å². The van der Waals surface area contributed by atoms with Gasteiger partial charge in [-0.1, -0.05) is 43.7 Å². The number of halogens is 4. The number of carbonyl (C=O) groups is 1. The molecule has 0 saturated heterocycles. The van der Waals surface area contributed by atoms with E-state index in [0.717, 1.165) is 0 Å². The largest absolute Gasteiger partial charge is 0.383 e. The molecule has 1 amide bonds. The molecule has 0 aliphatic heterocycles. The van der Waals surface area contributed by atoms with Crippen LogP contribution in [0.25, 0.3) is 0 Å². The molecule has 19 heavy (non-hydrogen) atoms. The molecule has 0 saturated carbocycles. The SMILES string of the molecule is CCCC(NC(=O)C(F)(F)C(F)F)c1ccccc1. The van der Waals surface area contributed by atoms with Crippen molar-refractivity contribution in [1.82, 2.24) is 5.32 Å². The lowest BCUT2D eigenvalue weighted by molar-refractivity contribution is -0.170. The van der Waals surface area contributed by atoms with Gasteiger partial charge in [-0.25, -0.2) is 8.78 Å². The third kappa shape index (κ3) is 3.94. The molecule has 1 unspecified atom stereocenters. The molecule has 1 N–H and O–H groups in total. The Balaban J connectivity index is 2.83. The second-order valence-electron chi connectivity index (χ2n) is 4.15. The highest BCUT2D eigenvalue weighted by molar-refractivity contribution is 5.84. The first-order valence-corrected chi connectivity index (χ1v) is 5.91. The van der Waals surface area contributed by atoms with Gasteiger partial charge >= 0.3 is 12.3 Å². The van der Waals surface area contributed by atoms with Crippen LogP contribution in [0.4, 0.5) is 17.6 Å². The maximum absolute atomic E-state index is 12.9. The molecule has 0 spiro atoms. The lowest BCUT2D eigenvalue weighted by Gasteiger charge is -2.22. The minimum Gasteiger partial charge on any atom is -0.344 e. The Morgan fingerprint density at radius 2 is 1.84 bits per heavy atom. The van der Waals surface area contributed by atoms with Gasteiger partial charge in [0.15, 0.2) is 0 Å². The molecule has 106 valence electrons. The summed E-state index contributed by atoms with van der Waals surface area (Å²) in [6.07, 6.45) is -2.99. The van der Waals surface area contributed by atoms with Gasteiger partial charge in [-0.2, -0.15) is 8.78 Å². The monoisotopic (exact) mass is 277 g/mol. The van der Waals surface area contributed by atoms with Crippen LogP contribution < -0.4 is 5.32 Å². The van der Waals surface area contributed by atoms with Crippen LogP contribution in [0.1, 0.15) is 31.4 Å². The molecule has 0 bridgehead atoms. The van der Waals surface area contributed by atoms with Gasteiger partial charge in [0.2, 0.25) is 0 Å². The first-order valence-electron chi connectivity index (χ1n) is 5.91. The van der Waals surface area contributed by atoms with Crippen molar-refractivity contribution in [2.45, 2.75) is 38.2 Å². The standard InChI is InChI=1S/C13H15F4NO/c1-2-6-10(9-7-4-3-5-8-9)18-12(19)13(16,17)11(14)15/h3-5,7-8,10-11H,2,6H2,1H3,(H,18,19). The van der Waals surface area contributed by atoms with Crippen molar-refractivity contribution >= 4 is 5.91 Å². The van der Waals surface area contributed by atoms with Crippen LogP contribution in [0.15, 0.2) is 30.3 Å². The summed E-state index contributed by atoms with van der Waals surface area (Å²) in [4.78, 5) is 11.2. The molecule has 0 radical (unpaired) electrons. The lowest BCUT2D eigenvalue weighted by atomic mass is 10.0. The van der Waals surface area contributed by atoms with Gasteiger partial charge in [-0.05, 0) is 12.0 Å². The Hall–Kier alpha value is -1.59. The van der Waals surface area contributed by atoms with Gasteiger partial charge in [0.05, 0.1) is 6.04 Å². The van der Waals surface area contributed by atoms with Crippen molar-refractivity contribution < 1.29 is 22.4 Å². The highest BCUT2D eigenvalue weighted by atomic mass is 19.3. The van der Waals surface area contributed by atoms with Gasteiger partial charge in [-0.15, -0.1) is 0 Å². The fourth-order valence-corrected chi connectivity index (χ4v) is 1.65. The second-order valence-corrected chi connectivity index (χ2v) is 4.15. The Labute approximate surface area is 108 Å². The summed E-state index contributed by atoms with van der Waals surface area (Å²) in [6, 6.07) is 7.73. The van der Waals surface area contributed by atoms with Crippen molar-refractivity contribution in [2.24, 2.45) is 0 Å². The Morgan fingerprint density at radius 1 is 1.26 bits per heavy atom. The Kier molecular flexibility index (Phi) is 5.32. The molecule has 0 aromatic heterocycles. The van der Waals surface area contributed by atoms with Gasteiger partial charge in [-0.3, -0.25) is 4.79 Å². The maximum atomic E-state index is 12.9. The van der Waals surface area contributed by atoms with E-state index in [1.807, 2.05) is 12.2 Å². The summed E-state index contributed by atoms with van der Waals surface area (Å²) >= 11 is 0. The van der Waals surface area contributed by atoms with Crippen LogP contribution in [0.3, 0.4) is 0 Å². The van der Waals surface area contributed by atoms with Gasteiger partial charge in [0.1, 0.15) is 0 Å². The fraction of sp³-hybridized carbons (Fsp3) is 0.462. The molecule has 1 atom stereocenters. The minimum atomic E-state index is -4.67. The molecule has 0 heterocycles. The molecular formula is C13H15F4NO. The van der Waals surface area contributed by atoms with E-state index in [0.29, 0.717) is 18.4 Å². The van der Waals surface area contributed by atoms with E-state index in [-0.39, 0.29) is 0 Å². The predicted molar refractivity (Wildman–Crippen MR) is 63.2 cm³/mol. The van der Waals surface area contributed by atoms with E-state index in [4.69, 9.17) is 0 Å². The number of carbonyl (C=O) groups excluding carboxylic acids is 1. The summed E-state index contributed by atoms with van der Waals surface area (Å²) in [7, 11) is 0. The highest BCUT2D eigenvalue weighted by Gasteiger charge is 2.49. The van der Waals surface area contributed by atoms with Gasteiger partial charge < -0.3 is 5.32 Å². The zero-order chi connectivity index (χ0) is 14.5. The molecule has 0 aliphatic rings. The van der Waals surface area contributed by atoms with E-state index in [1.54, 1.807) is 30.3 Å². The van der Waals surface area contributed by atoms with Gasteiger partial charge in [0.25, 0.3) is 5.91 Å². The average Bonchev–Trinajstić information content (AvgIpc) is 2.38. The van der Waals surface area contributed by atoms with Crippen molar-refractivity contribution in [2.75, 3.05) is 0 Å². The zero-order valence-corrected chi connectivity index (χ0v) is 10.4. The zero-order valence-electron chi connectivity index (χ0n) is 10.4. The molecule has 1 aromatic carbocycles. The molecule has 0 aliphatic carbocycles. The number of hydrogen-bond acceptors (Lipinski definition) is 1. The highest BCUT2D eigenvalue weighted by Crippen LogP contribution is 2.25. The molecule has 0 fully saturated rings. The summed E-state index contributed by atoms with van der Waals surface area (Å²) in [5, 5.41) is 1.99. The summed E-state index contributed by atoms with van der Waals surface area (Å²) in [5.41, 5.74) is 0.614. The molecular weight excluding hydrogens is 262 g/mol. The topological polar surface area (TPSA) is 29.1 Å². The number of amides is 1. The number of benzene rings is 1. The first kappa shape index (κ1) is 15.5. The number of alkyl halides is 4. The number of hydrogen-bond donors (Lipinski definition) is 1. The third-order valence-electron chi connectivity index (χ3n) is 2.66. The average molecular weight is 277 g/mol. The van der Waals surface area contributed by atoms with E-state index in [1.165, 1.54) is 0 Å². The van der Waals surface area contributed by atoms with E-state index in [2.05, 4.69) is 0 Å². The van der Waals surface area contributed by atoms with Crippen molar-refractivity contribution in [3.8, 4) is 0 Å². The van der Waals surface area contributed by atoms with Crippen molar-refractivity contribution in [3.63, 3.8) is 0 Å². The molecule has 6 heteroatoms. The number of nitrogens with one attached hydrogen (secondary N) is 1. The second kappa shape index (κ2) is 6.54. The summed E-state index contributed by atoms with van der Waals surface area (Å²) in [5.74, 6) is -6.61. The van der Waals surface area contributed by atoms with Crippen LogP contribution in [-0.2, 0) is 4.79 Å². The van der Waals surface area contributed by atoms with E-state index in [9.17, 15) is 22.4 Å². The van der Waals surface area contributed by atoms with Crippen LogP contribution >= 0.6 is 0 Å². The van der Waals surface area contributed by atoms with E-state index >= 15 is 0 Å². The van der Waals surface area contributed by atoms with Gasteiger partial charge in [0, 0.05) is 0 Å². The van der Waals surface area contributed by atoms with Crippen molar-refractivity contribution in [3.05, 3.63) is 35.9 Å². The lowest BCUT2D eigenvalue weighted by Crippen LogP contribution is -2.46.